The number of hydrogen-bond acceptors (Lipinski definition) is 8. The Morgan fingerprint density at radius 1 is 0.417 bits per heavy atom. The third kappa shape index (κ3) is 13.6. The molecule has 4 aromatic carbocycles. The van der Waals surface area contributed by atoms with Gasteiger partial charge in [-0.2, -0.15) is 0 Å². The van der Waals surface area contributed by atoms with Gasteiger partial charge in [0, 0.05) is 51.7 Å². The topological polar surface area (TPSA) is 68.1 Å². The first-order valence-corrected chi connectivity index (χ1v) is 16.9. The molecule has 0 spiro atoms. The lowest BCUT2D eigenvalue weighted by Gasteiger charge is -2.24. The zero-order valence-electron chi connectivity index (χ0n) is 27.9. The van der Waals surface area contributed by atoms with Crippen molar-refractivity contribution in [2.45, 2.75) is 13.1 Å². The Kier molecular flexibility index (Phi) is 15.5. The van der Waals surface area contributed by atoms with Gasteiger partial charge in [0.1, 0.15) is 0 Å². The molecule has 0 N–H and O–H groups in total. The molecule has 0 saturated carbocycles. The monoisotopic (exact) mass is 648 g/mol. The van der Waals surface area contributed by atoms with Crippen molar-refractivity contribution >= 4 is 23.8 Å². The van der Waals surface area contributed by atoms with E-state index in [2.05, 4.69) is 68.3 Å². The second-order valence-electron chi connectivity index (χ2n) is 11.7. The van der Waals surface area contributed by atoms with E-state index in [0.717, 1.165) is 61.8 Å². The van der Waals surface area contributed by atoms with E-state index in [4.69, 9.17) is 18.9 Å². The van der Waals surface area contributed by atoms with Gasteiger partial charge in [-0.25, -0.2) is 0 Å². The van der Waals surface area contributed by atoms with Crippen molar-refractivity contribution in [3.63, 3.8) is 0 Å². The highest BCUT2D eigenvalue weighted by Crippen LogP contribution is 2.13. The Morgan fingerprint density at radius 3 is 1.08 bits per heavy atom. The first-order valence-electron chi connectivity index (χ1n) is 16.9. The maximum Gasteiger partial charge on any atom is 0.0701 e. The van der Waals surface area contributed by atoms with Crippen LogP contribution in [0.25, 0.3) is 0 Å². The normalized spacial score (nSPS) is 17.3. The molecule has 8 heteroatoms. The number of aliphatic imine (C=N–C) groups is 2. The van der Waals surface area contributed by atoms with Crippen molar-refractivity contribution in [2.24, 2.45) is 9.98 Å². The maximum atomic E-state index is 5.95. The van der Waals surface area contributed by atoms with Crippen LogP contribution in [-0.2, 0) is 32.0 Å². The molecule has 252 valence electrons. The third-order valence-electron chi connectivity index (χ3n) is 7.96. The summed E-state index contributed by atoms with van der Waals surface area (Å²) in [4.78, 5) is 13.9. The first-order chi connectivity index (χ1) is 23.8. The van der Waals surface area contributed by atoms with Gasteiger partial charge in [-0.05, 0) is 46.5 Å². The van der Waals surface area contributed by atoms with Gasteiger partial charge in [0.15, 0.2) is 0 Å². The Bertz CT molecular complexity index is 1350. The lowest BCUT2D eigenvalue weighted by Crippen LogP contribution is -2.32. The molecule has 5 rings (SSSR count). The van der Waals surface area contributed by atoms with Gasteiger partial charge in [0.25, 0.3) is 0 Å². The van der Waals surface area contributed by atoms with E-state index in [9.17, 15) is 0 Å². The minimum Gasteiger partial charge on any atom is -0.378 e. The summed E-state index contributed by atoms with van der Waals surface area (Å²) in [6.45, 7) is 9.84. The van der Waals surface area contributed by atoms with Crippen LogP contribution in [0, 0.1) is 0 Å². The molecule has 1 heterocycles. The molecule has 4 aromatic rings. The smallest absolute Gasteiger partial charge is 0.0701 e. The summed E-state index contributed by atoms with van der Waals surface area (Å²) >= 11 is 0. The highest BCUT2D eigenvalue weighted by Gasteiger charge is 2.09. The second kappa shape index (κ2) is 21.1. The van der Waals surface area contributed by atoms with Crippen LogP contribution in [0.2, 0.25) is 0 Å². The molecule has 1 fully saturated rings. The van der Waals surface area contributed by atoms with E-state index >= 15 is 0 Å². The Balaban J connectivity index is 1.04. The summed E-state index contributed by atoms with van der Waals surface area (Å²) in [5, 5.41) is 0. The molecule has 0 amide bonds. The molecular formula is C40H48N4O4. The van der Waals surface area contributed by atoms with Gasteiger partial charge in [-0.3, -0.25) is 19.8 Å². The number of benzene rings is 4. The van der Waals surface area contributed by atoms with Gasteiger partial charge in [-0.15, -0.1) is 0 Å². The zero-order valence-corrected chi connectivity index (χ0v) is 27.9. The van der Waals surface area contributed by atoms with Gasteiger partial charge < -0.3 is 18.9 Å². The van der Waals surface area contributed by atoms with E-state index in [1.165, 1.54) is 11.1 Å². The minimum absolute atomic E-state index is 0.578. The van der Waals surface area contributed by atoms with Gasteiger partial charge in [0.2, 0.25) is 0 Å². The minimum atomic E-state index is 0.578. The highest BCUT2D eigenvalue weighted by atomic mass is 16.5. The lowest BCUT2D eigenvalue weighted by molar-refractivity contribution is 0.00624. The van der Waals surface area contributed by atoms with Crippen molar-refractivity contribution in [2.75, 3.05) is 79.0 Å². The van der Waals surface area contributed by atoms with Crippen LogP contribution >= 0.6 is 0 Å². The van der Waals surface area contributed by atoms with E-state index in [-0.39, 0.29) is 0 Å². The van der Waals surface area contributed by atoms with E-state index < -0.39 is 0 Å². The summed E-state index contributed by atoms with van der Waals surface area (Å²) in [6.07, 6.45) is 3.81. The fourth-order valence-corrected chi connectivity index (χ4v) is 5.22. The average molecular weight is 649 g/mol. The predicted molar refractivity (Wildman–Crippen MR) is 194 cm³/mol. The summed E-state index contributed by atoms with van der Waals surface area (Å²) in [6, 6.07) is 37.1. The quantitative estimate of drug-likeness (QED) is 0.201. The lowest BCUT2D eigenvalue weighted by atomic mass is 10.1. The van der Waals surface area contributed by atoms with Crippen LogP contribution in [0.5, 0.6) is 0 Å². The fourth-order valence-electron chi connectivity index (χ4n) is 5.22. The van der Waals surface area contributed by atoms with E-state index in [1.807, 2.05) is 73.1 Å². The van der Waals surface area contributed by atoms with E-state index in [0.29, 0.717) is 52.9 Å². The molecule has 0 radical (unpaired) electrons. The van der Waals surface area contributed by atoms with E-state index in [1.54, 1.807) is 0 Å². The van der Waals surface area contributed by atoms with Crippen LogP contribution in [0.3, 0.4) is 0 Å². The van der Waals surface area contributed by atoms with Crippen LogP contribution in [0.15, 0.2) is 119 Å². The highest BCUT2D eigenvalue weighted by molar-refractivity contribution is 5.82. The van der Waals surface area contributed by atoms with Crippen molar-refractivity contribution in [1.82, 2.24) is 9.80 Å². The van der Waals surface area contributed by atoms with Crippen molar-refractivity contribution in [1.29, 1.82) is 0 Å². The van der Waals surface area contributed by atoms with Crippen molar-refractivity contribution < 1.29 is 18.9 Å². The van der Waals surface area contributed by atoms with Gasteiger partial charge in [-0.1, -0.05) is 84.9 Å². The predicted octanol–water partition coefficient (Wildman–Crippen LogP) is 6.57. The molecule has 0 unspecified atom stereocenters. The van der Waals surface area contributed by atoms with Gasteiger partial charge in [0.05, 0.1) is 64.2 Å². The summed E-state index contributed by atoms with van der Waals surface area (Å²) in [5.74, 6) is 0. The fraction of sp³-hybridized carbons (Fsp3) is 0.350. The molecule has 1 aliphatic heterocycles. The maximum absolute atomic E-state index is 5.95. The SMILES string of the molecule is C(=Nc1ccccc1)c1ccc(CN2CCOCCOCCN(Cc3ccc(C=Nc4ccccc4)cc3)CCOCCOCC2)cc1. The molecule has 8 nitrogen and oxygen atoms in total. The molecule has 0 aromatic heterocycles. The van der Waals surface area contributed by atoms with Crippen LogP contribution in [-0.4, -0.2) is 101 Å². The summed E-state index contributed by atoms with van der Waals surface area (Å²) in [7, 11) is 0. The Morgan fingerprint density at radius 2 is 0.750 bits per heavy atom. The zero-order chi connectivity index (χ0) is 32.9. The number of ether oxygens (including phenoxy) is 4. The summed E-state index contributed by atoms with van der Waals surface area (Å²) < 4.78 is 23.8. The number of para-hydroxylation sites is 2. The third-order valence-corrected chi connectivity index (χ3v) is 7.96. The van der Waals surface area contributed by atoms with Crippen molar-refractivity contribution in [3.05, 3.63) is 131 Å². The van der Waals surface area contributed by atoms with Crippen molar-refractivity contribution in [3.8, 4) is 0 Å². The standard InChI is InChI=1S/C40H48N4O4/c1-3-7-39(8-4-1)41-31-35-11-15-37(16-12-35)33-43-19-23-45-27-29-47-25-21-44(22-26-48-30-28-46-24-20-43)34-38-17-13-36(14-18-38)32-42-40-9-5-2-6-10-40/h1-18,31-32H,19-30,33-34H2. The summed E-state index contributed by atoms with van der Waals surface area (Å²) in [5.41, 5.74) is 6.56. The number of nitrogens with zero attached hydrogens (tertiary/aromatic N) is 4. The molecule has 48 heavy (non-hydrogen) atoms. The first kappa shape index (κ1) is 35.3. The molecule has 0 aliphatic carbocycles. The Hall–Kier alpha value is -4.02. The Labute approximate surface area is 285 Å². The number of rotatable bonds is 8. The molecule has 1 saturated heterocycles. The molecule has 0 bridgehead atoms. The average Bonchev–Trinajstić information content (AvgIpc) is 3.13. The second-order valence-corrected chi connectivity index (χ2v) is 11.7. The molecule has 1 aliphatic rings. The number of hydrogen-bond donors (Lipinski definition) is 0. The van der Waals surface area contributed by atoms with Crippen LogP contribution < -0.4 is 0 Å². The largest absolute Gasteiger partial charge is 0.378 e. The van der Waals surface area contributed by atoms with Crippen LogP contribution in [0.1, 0.15) is 22.3 Å². The van der Waals surface area contributed by atoms with Gasteiger partial charge >= 0.3 is 0 Å². The molecule has 0 atom stereocenters. The van der Waals surface area contributed by atoms with Crippen LogP contribution in [0.4, 0.5) is 11.4 Å². The molecular weight excluding hydrogens is 600 g/mol.